The molecule has 3 heterocycles. The van der Waals surface area contributed by atoms with Crippen molar-refractivity contribution in [3.63, 3.8) is 0 Å². The normalized spacial score (nSPS) is 19.8. The van der Waals surface area contributed by atoms with Gasteiger partial charge in [-0.25, -0.2) is 4.98 Å². The Kier molecular flexibility index (Phi) is 2.33. The van der Waals surface area contributed by atoms with Gasteiger partial charge in [-0.3, -0.25) is 0 Å². The van der Waals surface area contributed by atoms with Crippen LogP contribution in [-0.2, 0) is 13.5 Å². The highest BCUT2D eigenvalue weighted by Gasteiger charge is 2.24. The first-order valence-corrected chi connectivity index (χ1v) is 6.43. The number of nitrogens with one attached hydrogen (secondary N) is 1. The summed E-state index contributed by atoms with van der Waals surface area (Å²) in [6.45, 7) is 3.10. The Bertz CT molecular complexity index is 512. The molecule has 0 aromatic carbocycles. The molecule has 0 aliphatic carbocycles. The van der Waals surface area contributed by atoms with Crippen molar-refractivity contribution in [1.29, 1.82) is 0 Å². The quantitative estimate of drug-likeness (QED) is 0.816. The van der Waals surface area contributed by atoms with Crippen molar-refractivity contribution < 1.29 is 0 Å². The van der Waals surface area contributed by atoms with Crippen molar-refractivity contribution in [3.8, 4) is 0 Å². The van der Waals surface area contributed by atoms with Gasteiger partial charge in [-0.2, -0.15) is 0 Å². The van der Waals surface area contributed by atoms with Crippen molar-refractivity contribution in [2.45, 2.75) is 19.4 Å². The Hall–Kier alpha value is -1.13. The summed E-state index contributed by atoms with van der Waals surface area (Å²) in [6.07, 6.45) is 3.14. The van der Waals surface area contributed by atoms with E-state index in [1.54, 1.807) is 0 Å². The summed E-state index contributed by atoms with van der Waals surface area (Å²) in [5.74, 6) is 1.07. The van der Waals surface area contributed by atoms with Crippen LogP contribution in [0.2, 0.25) is 0 Å². The molecule has 1 aliphatic rings. The zero-order chi connectivity index (χ0) is 11.1. The lowest BCUT2D eigenvalue weighted by atomic mass is 10.00. The van der Waals surface area contributed by atoms with E-state index in [1.165, 1.54) is 16.1 Å². The minimum Gasteiger partial charge on any atom is -0.334 e. The van der Waals surface area contributed by atoms with Gasteiger partial charge < -0.3 is 9.88 Å². The fourth-order valence-corrected chi connectivity index (χ4v) is 3.22. The molecular formula is C12H15N3S. The smallest absolute Gasteiger partial charge is 0.105 e. The van der Waals surface area contributed by atoms with Crippen LogP contribution in [-0.4, -0.2) is 16.1 Å². The highest BCUT2D eigenvalue weighted by molar-refractivity contribution is 7.10. The van der Waals surface area contributed by atoms with Crippen LogP contribution in [0.5, 0.6) is 0 Å². The third-order valence-corrected chi connectivity index (χ3v) is 4.34. The molecule has 1 N–H and O–H groups in total. The number of nitrogens with zero attached hydrogens (tertiary/aromatic N) is 2. The van der Waals surface area contributed by atoms with Crippen LogP contribution >= 0.6 is 11.3 Å². The summed E-state index contributed by atoms with van der Waals surface area (Å²) in [5, 5.41) is 5.77. The average Bonchev–Trinajstić information content (AvgIpc) is 2.87. The molecule has 0 saturated carbocycles. The Morgan fingerprint density at radius 2 is 2.44 bits per heavy atom. The minimum absolute atomic E-state index is 0.321. The van der Waals surface area contributed by atoms with Crippen LogP contribution < -0.4 is 5.32 Å². The molecule has 16 heavy (non-hydrogen) atoms. The van der Waals surface area contributed by atoms with E-state index in [0.29, 0.717) is 6.04 Å². The molecule has 0 radical (unpaired) electrons. The predicted molar refractivity (Wildman–Crippen MR) is 65.8 cm³/mol. The number of hydrogen-bond acceptors (Lipinski definition) is 3. The molecule has 2 aromatic rings. The molecule has 0 spiro atoms. The SMILES string of the molecule is Cc1ncc(C2NCCc3sccc32)n1C. The molecule has 1 aliphatic heterocycles. The van der Waals surface area contributed by atoms with Gasteiger partial charge in [0, 0.05) is 18.5 Å². The van der Waals surface area contributed by atoms with Crippen LogP contribution in [0.4, 0.5) is 0 Å². The van der Waals surface area contributed by atoms with Crippen LogP contribution in [0.3, 0.4) is 0 Å². The van der Waals surface area contributed by atoms with E-state index in [1.807, 2.05) is 24.5 Å². The summed E-state index contributed by atoms with van der Waals surface area (Å²) in [5.41, 5.74) is 2.69. The zero-order valence-electron chi connectivity index (χ0n) is 9.53. The Morgan fingerprint density at radius 1 is 1.56 bits per heavy atom. The number of aryl methyl sites for hydroxylation is 1. The summed E-state index contributed by atoms with van der Waals surface area (Å²) in [7, 11) is 2.08. The molecule has 1 unspecified atom stereocenters. The Balaban J connectivity index is 2.07. The van der Waals surface area contributed by atoms with Gasteiger partial charge in [0.25, 0.3) is 0 Å². The zero-order valence-corrected chi connectivity index (χ0v) is 10.3. The molecule has 3 nitrogen and oxygen atoms in total. The molecule has 84 valence electrons. The molecule has 4 heteroatoms. The second kappa shape index (κ2) is 3.71. The van der Waals surface area contributed by atoms with E-state index < -0.39 is 0 Å². The summed E-state index contributed by atoms with van der Waals surface area (Å²) < 4.78 is 2.17. The monoisotopic (exact) mass is 233 g/mol. The van der Waals surface area contributed by atoms with Gasteiger partial charge in [0.2, 0.25) is 0 Å². The van der Waals surface area contributed by atoms with E-state index in [9.17, 15) is 0 Å². The second-order valence-corrected chi connectivity index (χ2v) is 5.23. The molecule has 3 rings (SSSR count). The van der Waals surface area contributed by atoms with Gasteiger partial charge in [-0.05, 0) is 30.4 Å². The maximum absolute atomic E-state index is 4.38. The standard InChI is InChI=1S/C12H15N3S/c1-8-14-7-10(15(8)2)12-9-4-6-16-11(9)3-5-13-12/h4,6-7,12-13H,3,5H2,1-2H3. The lowest BCUT2D eigenvalue weighted by Gasteiger charge is -2.24. The second-order valence-electron chi connectivity index (χ2n) is 4.23. The van der Waals surface area contributed by atoms with E-state index in [0.717, 1.165) is 18.8 Å². The Labute approximate surface area is 99.1 Å². The number of aromatic nitrogens is 2. The average molecular weight is 233 g/mol. The third kappa shape index (κ3) is 1.41. The first-order chi connectivity index (χ1) is 7.77. The van der Waals surface area contributed by atoms with Crippen molar-refractivity contribution in [1.82, 2.24) is 14.9 Å². The first kappa shape index (κ1) is 10.1. The maximum Gasteiger partial charge on any atom is 0.105 e. The van der Waals surface area contributed by atoms with Crippen LogP contribution in [0.25, 0.3) is 0 Å². The minimum atomic E-state index is 0.321. The van der Waals surface area contributed by atoms with Gasteiger partial charge in [0.05, 0.1) is 17.9 Å². The van der Waals surface area contributed by atoms with E-state index in [-0.39, 0.29) is 0 Å². The number of rotatable bonds is 1. The lowest BCUT2D eigenvalue weighted by Crippen LogP contribution is -2.30. The van der Waals surface area contributed by atoms with E-state index >= 15 is 0 Å². The largest absolute Gasteiger partial charge is 0.334 e. The molecule has 1 atom stereocenters. The number of imidazole rings is 1. The fraction of sp³-hybridized carbons (Fsp3) is 0.417. The molecule has 0 saturated heterocycles. The van der Waals surface area contributed by atoms with Crippen LogP contribution in [0, 0.1) is 6.92 Å². The van der Waals surface area contributed by atoms with Gasteiger partial charge in [0.1, 0.15) is 5.82 Å². The predicted octanol–water partition coefficient (Wildman–Crippen LogP) is 2.03. The van der Waals surface area contributed by atoms with Gasteiger partial charge in [-0.15, -0.1) is 11.3 Å². The number of fused-ring (bicyclic) bond motifs is 1. The summed E-state index contributed by atoms with van der Waals surface area (Å²) in [4.78, 5) is 5.89. The first-order valence-electron chi connectivity index (χ1n) is 5.55. The highest BCUT2D eigenvalue weighted by atomic mass is 32.1. The number of thiophene rings is 1. The van der Waals surface area contributed by atoms with Crippen LogP contribution in [0.15, 0.2) is 17.6 Å². The lowest BCUT2D eigenvalue weighted by molar-refractivity contribution is 0.546. The number of hydrogen-bond donors (Lipinski definition) is 1. The fourth-order valence-electron chi connectivity index (χ4n) is 2.30. The van der Waals surface area contributed by atoms with Crippen molar-refractivity contribution in [2.24, 2.45) is 7.05 Å². The summed E-state index contributed by atoms with van der Waals surface area (Å²) in [6, 6.07) is 2.56. The summed E-state index contributed by atoms with van der Waals surface area (Å²) >= 11 is 1.87. The molecule has 0 bridgehead atoms. The van der Waals surface area contributed by atoms with E-state index in [4.69, 9.17) is 0 Å². The van der Waals surface area contributed by atoms with Gasteiger partial charge in [-0.1, -0.05) is 0 Å². The molecule has 0 fully saturated rings. The van der Waals surface area contributed by atoms with Crippen molar-refractivity contribution in [3.05, 3.63) is 39.6 Å². The van der Waals surface area contributed by atoms with Gasteiger partial charge >= 0.3 is 0 Å². The highest BCUT2D eigenvalue weighted by Crippen LogP contribution is 2.31. The van der Waals surface area contributed by atoms with Crippen molar-refractivity contribution >= 4 is 11.3 Å². The van der Waals surface area contributed by atoms with Crippen molar-refractivity contribution in [2.75, 3.05) is 6.54 Å². The molecular weight excluding hydrogens is 218 g/mol. The molecule has 0 amide bonds. The van der Waals surface area contributed by atoms with Gasteiger partial charge in [0.15, 0.2) is 0 Å². The maximum atomic E-state index is 4.38. The van der Waals surface area contributed by atoms with E-state index in [2.05, 4.69) is 33.4 Å². The molecule has 2 aromatic heterocycles. The third-order valence-electron chi connectivity index (χ3n) is 3.34. The van der Waals surface area contributed by atoms with Crippen LogP contribution in [0.1, 0.15) is 28.0 Å². The topological polar surface area (TPSA) is 29.9 Å². The Morgan fingerprint density at radius 3 is 3.19 bits per heavy atom.